The minimum Gasteiger partial charge on any atom is -0.495 e. The SMILES string of the molecule is COc1ccc(Br)cc1N1CC(C(C)C)NCC1C(C)C. The molecule has 1 aromatic rings. The number of methoxy groups -OCH3 is 1. The van der Waals surface area contributed by atoms with Gasteiger partial charge in [-0.1, -0.05) is 43.6 Å². The summed E-state index contributed by atoms with van der Waals surface area (Å²) in [5, 5.41) is 3.71. The molecule has 2 rings (SSSR count). The molecule has 0 saturated carbocycles. The van der Waals surface area contributed by atoms with Crippen molar-refractivity contribution in [2.45, 2.75) is 39.8 Å². The van der Waals surface area contributed by atoms with Gasteiger partial charge in [-0.3, -0.25) is 0 Å². The van der Waals surface area contributed by atoms with E-state index in [0.717, 1.165) is 23.3 Å². The fourth-order valence-electron chi connectivity index (χ4n) is 3.00. The highest BCUT2D eigenvalue weighted by Crippen LogP contribution is 2.35. The molecular weight excluding hydrogens is 328 g/mol. The van der Waals surface area contributed by atoms with Gasteiger partial charge in [0.05, 0.1) is 12.8 Å². The molecule has 1 aliphatic heterocycles. The summed E-state index contributed by atoms with van der Waals surface area (Å²) in [6.07, 6.45) is 0. The Morgan fingerprint density at radius 2 is 1.95 bits per heavy atom. The lowest BCUT2D eigenvalue weighted by Gasteiger charge is -2.45. The second-order valence-electron chi connectivity index (χ2n) is 6.54. The predicted molar refractivity (Wildman–Crippen MR) is 93.3 cm³/mol. The fourth-order valence-corrected chi connectivity index (χ4v) is 3.35. The van der Waals surface area contributed by atoms with Crippen molar-refractivity contribution in [2.24, 2.45) is 11.8 Å². The summed E-state index contributed by atoms with van der Waals surface area (Å²) in [7, 11) is 1.75. The highest BCUT2D eigenvalue weighted by molar-refractivity contribution is 9.10. The van der Waals surface area contributed by atoms with Gasteiger partial charge < -0.3 is 15.0 Å². The number of hydrogen-bond donors (Lipinski definition) is 1. The van der Waals surface area contributed by atoms with Crippen molar-refractivity contribution in [3.05, 3.63) is 22.7 Å². The number of anilines is 1. The van der Waals surface area contributed by atoms with Gasteiger partial charge in [-0.15, -0.1) is 0 Å². The molecule has 1 heterocycles. The summed E-state index contributed by atoms with van der Waals surface area (Å²) in [5.74, 6) is 2.17. The molecule has 1 aromatic carbocycles. The Morgan fingerprint density at radius 1 is 1.24 bits per heavy atom. The Kier molecular flexibility index (Phi) is 5.55. The molecule has 2 unspecified atom stereocenters. The highest BCUT2D eigenvalue weighted by atomic mass is 79.9. The number of rotatable bonds is 4. The smallest absolute Gasteiger partial charge is 0.142 e. The number of ether oxygens (including phenoxy) is 1. The molecule has 0 aromatic heterocycles. The predicted octanol–water partition coefficient (Wildman–Crippen LogP) is 3.92. The monoisotopic (exact) mass is 354 g/mol. The molecule has 21 heavy (non-hydrogen) atoms. The lowest BCUT2D eigenvalue weighted by molar-refractivity contribution is 0.293. The molecule has 3 nitrogen and oxygen atoms in total. The van der Waals surface area contributed by atoms with Crippen LogP contribution in [0.4, 0.5) is 5.69 Å². The summed E-state index contributed by atoms with van der Waals surface area (Å²) in [5.41, 5.74) is 1.19. The van der Waals surface area contributed by atoms with E-state index in [2.05, 4.69) is 59.9 Å². The van der Waals surface area contributed by atoms with E-state index in [9.17, 15) is 0 Å². The van der Waals surface area contributed by atoms with Crippen molar-refractivity contribution in [1.82, 2.24) is 5.32 Å². The summed E-state index contributed by atoms with van der Waals surface area (Å²) in [4.78, 5) is 2.52. The van der Waals surface area contributed by atoms with E-state index in [1.54, 1.807) is 7.11 Å². The van der Waals surface area contributed by atoms with Gasteiger partial charge in [0.25, 0.3) is 0 Å². The fraction of sp³-hybridized carbons (Fsp3) is 0.647. The molecule has 0 amide bonds. The van der Waals surface area contributed by atoms with Crippen molar-refractivity contribution in [3.8, 4) is 5.75 Å². The average molecular weight is 355 g/mol. The van der Waals surface area contributed by atoms with E-state index in [0.29, 0.717) is 23.9 Å². The highest BCUT2D eigenvalue weighted by Gasteiger charge is 2.32. The van der Waals surface area contributed by atoms with Gasteiger partial charge in [0.2, 0.25) is 0 Å². The molecule has 0 bridgehead atoms. The van der Waals surface area contributed by atoms with Crippen LogP contribution in [0.3, 0.4) is 0 Å². The van der Waals surface area contributed by atoms with Gasteiger partial charge in [-0.2, -0.15) is 0 Å². The molecule has 0 aliphatic carbocycles. The summed E-state index contributed by atoms with van der Waals surface area (Å²) in [6, 6.07) is 7.27. The van der Waals surface area contributed by atoms with Crippen LogP contribution in [0, 0.1) is 11.8 Å². The standard InChI is InChI=1S/C17H27BrN2O/c1-11(2)14-10-20(16(9-19-14)12(3)4)15-8-13(18)6-7-17(15)21-5/h6-8,11-12,14,16,19H,9-10H2,1-5H3. The van der Waals surface area contributed by atoms with Crippen LogP contribution in [0.1, 0.15) is 27.7 Å². The zero-order chi connectivity index (χ0) is 15.6. The second-order valence-corrected chi connectivity index (χ2v) is 7.45. The zero-order valence-corrected chi connectivity index (χ0v) is 15.3. The van der Waals surface area contributed by atoms with Crippen LogP contribution in [-0.2, 0) is 0 Å². The molecule has 1 aliphatic rings. The molecular formula is C17H27BrN2O. The normalized spacial score (nSPS) is 23.0. The van der Waals surface area contributed by atoms with E-state index in [1.165, 1.54) is 5.69 Å². The average Bonchev–Trinajstić information content (AvgIpc) is 2.46. The van der Waals surface area contributed by atoms with Gasteiger partial charge in [-0.05, 0) is 30.0 Å². The Hall–Kier alpha value is -0.740. The summed E-state index contributed by atoms with van der Waals surface area (Å²) < 4.78 is 6.69. The maximum atomic E-state index is 5.59. The van der Waals surface area contributed by atoms with Crippen molar-refractivity contribution in [2.75, 3.05) is 25.1 Å². The summed E-state index contributed by atoms with van der Waals surface area (Å²) in [6.45, 7) is 11.2. The number of benzene rings is 1. The maximum absolute atomic E-state index is 5.59. The van der Waals surface area contributed by atoms with Crippen molar-refractivity contribution in [1.29, 1.82) is 0 Å². The van der Waals surface area contributed by atoms with Crippen molar-refractivity contribution in [3.63, 3.8) is 0 Å². The Morgan fingerprint density at radius 3 is 2.52 bits per heavy atom. The van der Waals surface area contributed by atoms with E-state index in [-0.39, 0.29) is 0 Å². The molecule has 1 saturated heterocycles. The third-order valence-corrected chi connectivity index (χ3v) is 4.90. The van der Waals surface area contributed by atoms with E-state index >= 15 is 0 Å². The lowest BCUT2D eigenvalue weighted by atomic mass is 9.93. The Labute approximate surface area is 137 Å². The molecule has 2 atom stereocenters. The molecule has 1 N–H and O–H groups in total. The molecule has 0 spiro atoms. The molecule has 1 fully saturated rings. The first-order valence-electron chi connectivity index (χ1n) is 7.77. The first-order valence-corrected chi connectivity index (χ1v) is 8.57. The first kappa shape index (κ1) is 16.6. The Balaban J connectivity index is 2.37. The van der Waals surface area contributed by atoms with E-state index < -0.39 is 0 Å². The van der Waals surface area contributed by atoms with Gasteiger partial charge >= 0.3 is 0 Å². The number of hydrogen-bond acceptors (Lipinski definition) is 3. The molecule has 0 radical (unpaired) electrons. The van der Waals surface area contributed by atoms with Gasteiger partial charge in [0.15, 0.2) is 0 Å². The Bertz CT molecular complexity index is 476. The minimum atomic E-state index is 0.489. The second kappa shape index (κ2) is 7.01. The van der Waals surface area contributed by atoms with Crippen LogP contribution in [0.15, 0.2) is 22.7 Å². The van der Waals surface area contributed by atoms with Gasteiger partial charge in [-0.25, -0.2) is 0 Å². The quantitative estimate of drug-likeness (QED) is 0.886. The van der Waals surface area contributed by atoms with Gasteiger partial charge in [0, 0.05) is 29.6 Å². The minimum absolute atomic E-state index is 0.489. The topological polar surface area (TPSA) is 24.5 Å². The third kappa shape index (κ3) is 3.72. The summed E-state index contributed by atoms with van der Waals surface area (Å²) >= 11 is 3.60. The largest absolute Gasteiger partial charge is 0.495 e. The van der Waals surface area contributed by atoms with Crippen LogP contribution >= 0.6 is 15.9 Å². The maximum Gasteiger partial charge on any atom is 0.142 e. The number of piperazine rings is 1. The van der Waals surface area contributed by atoms with Crippen LogP contribution in [0.2, 0.25) is 0 Å². The van der Waals surface area contributed by atoms with Crippen LogP contribution in [0.5, 0.6) is 5.75 Å². The number of halogens is 1. The third-order valence-electron chi connectivity index (χ3n) is 4.41. The van der Waals surface area contributed by atoms with Crippen molar-refractivity contribution >= 4 is 21.6 Å². The van der Waals surface area contributed by atoms with Crippen LogP contribution < -0.4 is 15.0 Å². The molecule has 4 heteroatoms. The molecule has 118 valence electrons. The van der Waals surface area contributed by atoms with Crippen LogP contribution in [0.25, 0.3) is 0 Å². The first-order chi connectivity index (χ1) is 9.93. The van der Waals surface area contributed by atoms with E-state index in [1.807, 2.05) is 12.1 Å². The van der Waals surface area contributed by atoms with Crippen LogP contribution in [-0.4, -0.2) is 32.3 Å². The number of nitrogens with one attached hydrogen (secondary N) is 1. The van der Waals surface area contributed by atoms with Gasteiger partial charge in [0.1, 0.15) is 5.75 Å². The van der Waals surface area contributed by atoms with E-state index in [4.69, 9.17) is 4.74 Å². The van der Waals surface area contributed by atoms with Crippen molar-refractivity contribution < 1.29 is 4.74 Å². The zero-order valence-electron chi connectivity index (χ0n) is 13.7. The lowest BCUT2D eigenvalue weighted by Crippen LogP contribution is -2.60. The number of nitrogens with zero attached hydrogens (tertiary/aromatic N) is 1.